The van der Waals surface area contributed by atoms with Crippen LogP contribution in [0.2, 0.25) is 0 Å². The van der Waals surface area contributed by atoms with Crippen LogP contribution in [-0.4, -0.2) is 0 Å². The summed E-state index contributed by atoms with van der Waals surface area (Å²) in [4.78, 5) is 0. The molecule has 0 saturated carbocycles. The number of hydrogen-bond donors (Lipinski definition) is 0. The first kappa shape index (κ1) is 10.2. The molecule has 0 radical (unpaired) electrons. The molecule has 13 heavy (non-hydrogen) atoms. The normalized spacial score (nSPS) is 10.4. The van der Waals surface area contributed by atoms with E-state index in [-0.39, 0.29) is 0 Å². The highest BCUT2D eigenvalue weighted by Gasteiger charge is 2.02. The van der Waals surface area contributed by atoms with E-state index < -0.39 is 0 Å². The maximum absolute atomic E-state index is 2.34. The molecule has 0 bridgehead atoms. The molecule has 0 unspecified atom stereocenters. The molecule has 0 amide bonds. The highest BCUT2D eigenvalue weighted by Crippen LogP contribution is 2.05. The summed E-state index contributed by atoms with van der Waals surface area (Å²) >= 11 is 0. The first-order chi connectivity index (χ1) is 6.26. The van der Waals surface area contributed by atoms with Crippen LogP contribution >= 0.6 is 0 Å². The maximum atomic E-state index is 2.34. The van der Waals surface area contributed by atoms with Crippen molar-refractivity contribution in [1.29, 1.82) is 0 Å². The molecule has 1 heteroatoms. The molecule has 0 aliphatic carbocycles. The summed E-state index contributed by atoms with van der Waals surface area (Å²) in [6.07, 6.45) is 9.31. The molecular weight excluding hydrogens is 158 g/mol. The third-order valence-corrected chi connectivity index (χ3v) is 2.19. The van der Waals surface area contributed by atoms with E-state index in [4.69, 9.17) is 0 Å². The summed E-state index contributed by atoms with van der Waals surface area (Å²) in [6, 6.07) is 2.34. The zero-order valence-corrected chi connectivity index (χ0v) is 9.01. The first-order valence-electron chi connectivity index (χ1n) is 5.24. The van der Waals surface area contributed by atoms with Crippen molar-refractivity contribution in [3.05, 3.63) is 29.6 Å². The van der Waals surface area contributed by atoms with Gasteiger partial charge in [0, 0.05) is 11.1 Å². The van der Waals surface area contributed by atoms with E-state index in [1.807, 2.05) is 0 Å². The van der Waals surface area contributed by atoms with Crippen molar-refractivity contribution < 1.29 is 4.57 Å². The highest BCUT2D eigenvalue weighted by atomic mass is 14.9. The lowest BCUT2D eigenvalue weighted by molar-refractivity contribution is -0.672. The van der Waals surface area contributed by atoms with Crippen molar-refractivity contribution in [2.45, 2.75) is 39.5 Å². The molecular formula is C12H20N+. The Labute approximate surface area is 81.4 Å². The standard InChI is InChI=1S/C12H20N/c1-4-6-11-8-12(7-5-2)10-13(3)9-11/h8-10H,4-7H2,1-3H3/q+1. The maximum Gasteiger partial charge on any atom is 0.171 e. The molecule has 1 heterocycles. The molecule has 0 atom stereocenters. The third-order valence-electron chi connectivity index (χ3n) is 2.19. The lowest BCUT2D eigenvalue weighted by Gasteiger charge is -2.00. The Morgan fingerprint density at radius 3 is 1.85 bits per heavy atom. The zero-order chi connectivity index (χ0) is 9.68. The van der Waals surface area contributed by atoms with Crippen molar-refractivity contribution in [3.8, 4) is 0 Å². The molecule has 0 spiro atoms. The number of hydrogen-bond acceptors (Lipinski definition) is 0. The van der Waals surface area contributed by atoms with Gasteiger partial charge in [0.25, 0.3) is 0 Å². The molecule has 1 nitrogen and oxygen atoms in total. The number of pyridine rings is 1. The Balaban J connectivity index is 2.83. The van der Waals surface area contributed by atoms with E-state index in [9.17, 15) is 0 Å². The molecule has 0 saturated heterocycles. The van der Waals surface area contributed by atoms with Gasteiger partial charge in [0.2, 0.25) is 0 Å². The van der Waals surface area contributed by atoms with Gasteiger partial charge in [-0.2, -0.15) is 0 Å². The molecule has 1 rings (SSSR count). The fourth-order valence-corrected chi connectivity index (χ4v) is 1.72. The van der Waals surface area contributed by atoms with Crippen molar-refractivity contribution >= 4 is 0 Å². The number of nitrogens with zero attached hydrogens (tertiary/aromatic N) is 1. The summed E-state index contributed by atoms with van der Waals surface area (Å²) in [6.45, 7) is 4.46. The minimum absolute atomic E-state index is 1.20. The third kappa shape index (κ3) is 3.17. The average molecular weight is 178 g/mol. The van der Waals surface area contributed by atoms with Gasteiger partial charge in [-0.1, -0.05) is 26.7 Å². The van der Waals surface area contributed by atoms with Gasteiger partial charge in [-0.25, -0.2) is 4.57 Å². The molecule has 1 aromatic heterocycles. The summed E-state index contributed by atoms with van der Waals surface area (Å²) in [5.74, 6) is 0. The Hall–Kier alpha value is -0.850. The molecule has 0 fully saturated rings. The van der Waals surface area contributed by atoms with Gasteiger partial charge in [-0.15, -0.1) is 0 Å². The van der Waals surface area contributed by atoms with Gasteiger partial charge < -0.3 is 0 Å². The largest absolute Gasteiger partial charge is 0.207 e. The van der Waals surface area contributed by atoms with E-state index in [1.165, 1.54) is 36.8 Å². The van der Waals surface area contributed by atoms with Crippen LogP contribution in [0.15, 0.2) is 18.5 Å². The van der Waals surface area contributed by atoms with Gasteiger partial charge in [0.15, 0.2) is 12.4 Å². The van der Waals surface area contributed by atoms with E-state index in [0.29, 0.717) is 0 Å². The average Bonchev–Trinajstić information content (AvgIpc) is 2.04. The van der Waals surface area contributed by atoms with Gasteiger partial charge >= 0.3 is 0 Å². The number of rotatable bonds is 4. The quantitative estimate of drug-likeness (QED) is 0.623. The number of aryl methyl sites for hydroxylation is 3. The second-order valence-corrected chi connectivity index (χ2v) is 3.72. The van der Waals surface area contributed by atoms with E-state index in [1.54, 1.807) is 0 Å². The minimum atomic E-state index is 1.20. The Morgan fingerprint density at radius 1 is 1.00 bits per heavy atom. The Bertz CT molecular complexity index is 242. The minimum Gasteiger partial charge on any atom is -0.207 e. The number of aromatic nitrogens is 1. The molecule has 72 valence electrons. The lowest BCUT2D eigenvalue weighted by atomic mass is 10.1. The summed E-state index contributed by atoms with van der Waals surface area (Å²) in [7, 11) is 2.11. The molecule has 0 N–H and O–H groups in total. The van der Waals surface area contributed by atoms with Crippen LogP contribution in [-0.2, 0) is 19.9 Å². The molecule has 0 aromatic carbocycles. The van der Waals surface area contributed by atoms with Crippen LogP contribution in [0, 0.1) is 0 Å². The Kier molecular flexibility index (Phi) is 3.94. The predicted molar refractivity (Wildman–Crippen MR) is 55.6 cm³/mol. The van der Waals surface area contributed by atoms with Crippen LogP contribution in [0.5, 0.6) is 0 Å². The SMILES string of the molecule is CCCc1cc(CCC)c[n+](C)c1. The van der Waals surface area contributed by atoms with Crippen molar-refractivity contribution in [1.82, 2.24) is 0 Å². The van der Waals surface area contributed by atoms with Crippen LogP contribution in [0.3, 0.4) is 0 Å². The van der Waals surface area contributed by atoms with Gasteiger partial charge in [-0.05, 0) is 18.9 Å². The summed E-state index contributed by atoms with van der Waals surface area (Å²) in [5.41, 5.74) is 2.94. The van der Waals surface area contributed by atoms with Crippen molar-refractivity contribution in [2.24, 2.45) is 7.05 Å². The highest BCUT2D eigenvalue weighted by molar-refractivity contribution is 5.15. The van der Waals surface area contributed by atoms with Crippen molar-refractivity contribution in [2.75, 3.05) is 0 Å². The van der Waals surface area contributed by atoms with Crippen LogP contribution in [0.1, 0.15) is 37.8 Å². The van der Waals surface area contributed by atoms with E-state index in [2.05, 4.69) is 43.9 Å². The summed E-state index contributed by atoms with van der Waals surface area (Å²) in [5, 5.41) is 0. The van der Waals surface area contributed by atoms with Gasteiger partial charge in [-0.3, -0.25) is 0 Å². The summed E-state index contributed by atoms with van der Waals surface area (Å²) < 4.78 is 2.18. The van der Waals surface area contributed by atoms with E-state index in [0.717, 1.165) is 0 Å². The predicted octanol–water partition coefficient (Wildman–Crippen LogP) is 2.42. The fraction of sp³-hybridized carbons (Fsp3) is 0.583. The lowest BCUT2D eigenvalue weighted by Crippen LogP contribution is -2.28. The second kappa shape index (κ2) is 5.00. The molecule has 0 aliphatic heterocycles. The van der Waals surface area contributed by atoms with Gasteiger partial charge in [0.1, 0.15) is 7.05 Å². The van der Waals surface area contributed by atoms with Crippen LogP contribution in [0.4, 0.5) is 0 Å². The smallest absolute Gasteiger partial charge is 0.171 e. The topological polar surface area (TPSA) is 3.88 Å². The Morgan fingerprint density at radius 2 is 1.46 bits per heavy atom. The van der Waals surface area contributed by atoms with Crippen molar-refractivity contribution in [3.63, 3.8) is 0 Å². The first-order valence-corrected chi connectivity index (χ1v) is 5.24. The molecule has 0 aliphatic rings. The second-order valence-electron chi connectivity index (χ2n) is 3.72. The monoisotopic (exact) mass is 178 g/mol. The van der Waals surface area contributed by atoms with E-state index >= 15 is 0 Å². The zero-order valence-electron chi connectivity index (χ0n) is 9.01. The van der Waals surface area contributed by atoms with Crippen LogP contribution in [0.25, 0.3) is 0 Å². The van der Waals surface area contributed by atoms with Gasteiger partial charge in [0.05, 0.1) is 0 Å². The molecule has 1 aromatic rings. The van der Waals surface area contributed by atoms with Crippen LogP contribution < -0.4 is 4.57 Å². The fourth-order valence-electron chi connectivity index (χ4n) is 1.72.